The zero-order valence-electron chi connectivity index (χ0n) is 15.6. The number of phenolic OH excluding ortho intramolecular Hbond substituents is 1. The number of nitro benzene ring substituents is 1. The molecule has 0 aliphatic carbocycles. The Morgan fingerprint density at radius 3 is 2.67 bits per heavy atom. The Labute approximate surface area is 170 Å². The summed E-state index contributed by atoms with van der Waals surface area (Å²) in [5.41, 5.74) is -0.244. The van der Waals surface area contributed by atoms with Crippen LogP contribution in [0.3, 0.4) is 0 Å². The number of ether oxygens (including phenoxy) is 1. The standard InChI is InChI=1S/C22H16N2O6/c25-19-12-15(24(27)28)8-10-18(19)23-22(26)21-11-9-16(30-21)13-29-20-7-3-5-14-4-1-2-6-17(14)20/h1-12,25H,13H2,(H,23,26). The van der Waals surface area contributed by atoms with E-state index in [1.165, 1.54) is 18.2 Å². The molecular weight excluding hydrogens is 388 g/mol. The van der Waals surface area contributed by atoms with Gasteiger partial charge in [-0.3, -0.25) is 14.9 Å². The van der Waals surface area contributed by atoms with Crippen molar-refractivity contribution >= 4 is 28.1 Å². The van der Waals surface area contributed by atoms with Crippen LogP contribution in [0.15, 0.2) is 77.2 Å². The van der Waals surface area contributed by atoms with E-state index in [1.807, 2.05) is 42.5 Å². The summed E-state index contributed by atoms with van der Waals surface area (Å²) in [6.45, 7) is 0.129. The lowest BCUT2D eigenvalue weighted by Crippen LogP contribution is -2.11. The number of nitro groups is 1. The molecule has 1 heterocycles. The highest BCUT2D eigenvalue weighted by Crippen LogP contribution is 2.29. The maximum absolute atomic E-state index is 12.4. The summed E-state index contributed by atoms with van der Waals surface area (Å²) in [5.74, 6) is 0.149. The first kappa shape index (κ1) is 19.0. The van der Waals surface area contributed by atoms with Crippen LogP contribution in [0.25, 0.3) is 10.8 Å². The molecule has 150 valence electrons. The van der Waals surface area contributed by atoms with Crippen molar-refractivity contribution in [3.05, 3.63) is 94.4 Å². The number of anilines is 1. The van der Waals surface area contributed by atoms with Gasteiger partial charge in [0.15, 0.2) is 5.76 Å². The molecule has 1 amide bonds. The third-order valence-electron chi connectivity index (χ3n) is 4.45. The van der Waals surface area contributed by atoms with Gasteiger partial charge in [-0.1, -0.05) is 36.4 Å². The number of hydrogen-bond donors (Lipinski definition) is 2. The Morgan fingerprint density at radius 2 is 1.87 bits per heavy atom. The molecule has 0 spiro atoms. The summed E-state index contributed by atoms with van der Waals surface area (Å²) < 4.78 is 11.4. The van der Waals surface area contributed by atoms with Gasteiger partial charge in [0, 0.05) is 11.5 Å². The van der Waals surface area contributed by atoms with Gasteiger partial charge in [0.1, 0.15) is 23.9 Å². The molecule has 0 unspecified atom stereocenters. The van der Waals surface area contributed by atoms with Gasteiger partial charge in [-0.25, -0.2) is 0 Å². The highest BCUT2D eigenvalue weighted by molar-refractivity contribution is 6.03. The zero-order chi connectivity index (χ0) is 21.1. The van der Waals surface area contributed by atoms with Gasteiger partial charge in [-0.05, 0) is 29.7 Å². The summed E-state index contributed by atoms with van der Waals surface area (Å²) in [6, 6.07) is 20.1. The summed E-state index contributed by atoms with van der Waals surface area (Å²) in [5, 5.41) is 25.1. The first-order valence-corrected chi connectivity index (χ1v) is 8.99. The monoisotopic (exact) mass is 404 g/mol. The predicted octanol–water partition coefficient (Wildman–Crippen LogP) is 4.88. The van der Waals surface area contributed by atoms with Crippen LogP contribution in [-0.2, 0) is 6.61 Å². The average Bonchev–Trinajstić information content (AvgIpc) is 3.22. The van der Waals surface area contributed by atoms with E-state index >= 15 is 0 Å². The molecule has 1 aromatic heterocycles. The van der Waals surface area contributed by atoms with Crippen molar-refractivity contribution < 1.29 is 24.0 Å². The number of benzene rings is 3. The summed E-state index contributed by atoms with van der Waals surface area (Å²) in [7, 11) is 0. The van der Waals surface area contributed by atoms with E-state index in [9.17, 15) is 20.0 Å². The number of rotatable bonds is 6. The van der Waals surface area contributed by atoms with Crippen molar-refractivity contribution in [3.8, 4) is 11.5 Å². The quantitative estimate of drug-likeness (QED) is 0.269. The van der Waals surface area contributed by atoms with E-state index in [2.05, 4.69) is 5.32 Å². The number of carbonyl (C=O) groups is 1. The van der Waals surface area contributed by atoms with Crippen LogP contribution in [0, 0.1) is 10.1 Å². The van der Waals surface area contributed by atoms with Crippen LogP contribution in [-0.4, -0.2) is 15.9 Å². The van der Waals surface area contributed by atoms with Crippen molar-refractivity contribution in [1.29, 1.82) is 0 Å². The summed E-state index contributed by atoms with van der Waals surface area (Å²) in [4.78, 5) is 22.4. The van der Waals surface area contributed by atoms with Gasteiger partial charge in [0.25, 0.3) is 11.6 Å². The highest BCUT2D eigenvalue weighted by atomic mass is 16.6. The van der Waals surface area contributed by atoms with Crippen LogP contribution in [0.1, 0.15) is 16.3 Å². The van der Waals surface area contributed by atoms with E-state index in [0.29, 0.717) is 11.5 Å². The fourth-order valence-electron chi connectivity index (χ4n) is 2.97. The lowest BCUT2D eigenvalue weighted by Gasteiger charge is -2.08. The Bertz CT molecular complexity index is 1240. The van der Waals surface area contributed by atoms with Gasteiger partial charge >= 0.3 is 0 Å². The zero-order valence-corrected chi connectivity index (χ0v) is 15.6. The van der Waals surface area contributed by atoms with Crippen molar-refractivity contribution in [1.82, 2.24) is 0 Å². The number of furan rings is 1. The van der Waals surface area contributed by atoms with E-state index in [-0.39, 0.29) is 23.7 Å². The molecule has 8 heteroatoms. The largest absolute Gasteiger partial charge is 0.506 e. The third-order valence-corrected chi connectivity index (χ3v) is 4.45. The molecule has 0 saturated heterocycles. The third kappa shape index (κ3) is 3.93. The van der Waals surface area contributed by atoms with Crippen LogP contribution < -0.4 is 10.1 Å². The number of phenols is 1. The molecular formula is C22H16N2O6. The van der Waals surface area contributed by atoms with Gasteiger partial charge in [0.05, 0.1) is 16.7 Å². The number of aromatic hydroxyl groups is 1. The van der Waals surface area contributed by atoms with E-state index in [4.69, 9.17) is 9.15 Å². The molecule has 0 saturated carbocycles. The first-order chi connectivity index (χ1) is 14.5. The van der Waals surface area contributed by atoms with Gasteiger partial charge < -0.3 is 19.6 Å². The fraction of sp³-hybridized carbons (Fsp3) is 0.0455. The van der Waals surface area contributed by atoms with Crippen LogP contribution >= 0.6 is 0 Å². The van der Waals surface area contributed by atoms with E-state index < -0.39 is 16.6 Å². The Kier molecular flexibility index (Phi) is 5.04. The number of hydrogen-bond acceptors (Lipinski definition) is 6. The van der Waals surface area contributed by atoms with Gasteiger partial charge in [-0.2, -0.15) is 0 Å². The molecule has 0 aliphatic heterocycles. The molecule has 2 N–H and O–H groups in total. The van der Waals surface area contributed by atoms with E-state index in [0.717, 1.165) is 16.8 Å². The molecule has 8 nitrogen and oxygen atoms in total. The van der Waals surface area contributed by atoms with Crippen molar-refractivity contribution in [2.45, 2.75) is 6.61 Å². The Hall–Kier alpha value is -4.33. The number of carbonyl (C=O) groups excluding carboxylic acids is 1. The van der Waals surface area contributed by atoms with Crippen LogP contribution in [0.2, 0.25) is 0 Å². The second-order valence-electron chi connectivity index (χ2n) is 6.44. The lowest BCUT2D eigenvalue weighted by molar-refractivity contribution is -0.384. The lowest BCUT2D eigenvalue weighted by atomic mass is 10.1. The summed E-state index contributed by atoms with van der Waals surface area (Å²) >= 11 is 0. The molecule has 30 heavy (non-hydrogen) atoms. The van der Waals surface area contributed by atoms with E-state index in [1.54, 1.807) is 6.07 Å². The highest BCUT2D eigenvalue weighted by Gasteiger charge is 2.16. The first-order valence-electron chi connectivity index (χ1n) is 8.99. The topological polar surface area (TPSA) is 115 Å². The minimum absolute atomic E-state index is 0.0178. The molecule has 0 radical (unpaired) electrons. The molecule has 4 rings (SSSR count). The second-order valence-corrected chi connectivity index (χ2v) is 6.44. The van der Waals surface area contributed by atoms with Crippen molar-refractivity contribution in [2.24, 2.45) is 0 Å². The number of nitrogens with one attached hydrogen (secondary N) is 1. The average molecular weight is 404 g/mol. The maximum Gasteiger partial charge on any atom is 0.291 e. The molecule has 0 atom stereocenters. The van der Waals surface area contributed by atoms with Crippen LogP contribution in [0.5, 0.6) is 11.5 Å². The fourth-order valence-corrected chi connectivity index (χ4v) is 2.97. The number of nitrogens with zero attached hydrogens (tertiary/aromatic N) is 1. The molecule has 0 fully saturated rings. The molecule has 4 aromatic rings. The number of amides is 1. The Balaban J connectivity index is 1.43. The van der Waals surface area contributed by atoms with Gasteiger partial charge in [-0.15, -0.1) is 0 Å². The normalized spacial score (nSPS) is 10.7. The predicted molar refractivity (Wildman–Crippen MR) is 110 cm³/mol. The number of non-ortho nitro benzene ring substituents is 1. The molecule has 0 bridgehead atoms. The van der Waals surface area contributed by atoms with Crippen LogP contribution in [0.4, 0.5) is 11.4 Å². The van der Waals surface area contributed by atoms with Crippen molar-refractivity contribution in [2.75, 3.05) is 5.32 Å². The maximum atomic E-state index is 12.4. The van der Waals surface area contributed by atoms with Crippen molar-refractivity contribution in [3.63, 3.8) is 0 Å². The molecule has 0 aliphatic rings. The molecule has 3 aromatic carbocycles. The summed E-state index contributed by atoms with van der Waals surface area (Å²) in [6.07, 6.45) is 0. The smallest absolute Gasteiger partial charge is 0.291 e. The Morgan fingerprint density at radius 1 is 1.07 bits per heavy atom. The van der Waals surface area contributed by atoms with Gasteiger partial charge in [0.2, 0.25) is 0 Å². The minimum Gasteiger partial charge on any atom is -0.506 e. The minimum atomic E-state index is -0.639. The second kappa shape index (κ2) is 7.96. The number of fused-ring (bicyclic) bond motifs is 1. The SMILES string of the molecule is O=C(Nc1ccc([N+](=O)[O-])cc1O)c1ccc(COc2cccc3ccccc23)o1.